The van der Waals surface area contributed by atoms with Gasteiger partial charge in [0.05, 0.1) is 12.4 Å². The summed E-state index contributed by atoms with van der Waals surface area (Å²) >= 11 is 0. The zero-order valence-corrected chi connectivity index (χ0v) is 12.1. The summed E-state index contributed by atoms with van der Waals surface area (Å²) in [6.07, 6.45) is 0.458. The van der Waals surface area contributed by atoms with Gasteiger partial charge in [0.1, 0.15) is 21.4 Å². The Kier molecular flexibility index (Phi) is 5.35. The number of nitrogens with one attached hydrogen (secondary N) is 1. The zero-order chi connectivity index (χ0) is 14.5. The minimum absolute atomic E-state index is 0.0154. The van der Waals surface area contributed by atoms with E-state index in [9.17, 15) is 8.42 Å². The van der Waals surface area contributed by atoms with Crippen molar-refractivity contribution in [2.45, 2.75) is 20.3 Å². The smallest absolute Gasteiger partial charge is 0.150 e. The van der Waals surface area contributed by atoms with Gasteiger partial charge in [-0.2, -0.15) is 0 Å². The average molecular weight is 284 g/mol. The first-order valence-electron chi connectivity index (χ1n) is 6.14. The zero-order valence-electron chi connectivity index (χ0n) is 11.3. The van der Waals surface area contributed by atoms with Crippen molar-refractivity contribution in [3.8, 4) is 5.75 Å². The maximum Gasteiger partial charge on any atom is 0.150 e. The van der Waals surface area contributed by atoms with Crippen LogP contribution in [0.1, 0.15) is 24.5 Å². The van der Waals surface area contributed by atoms with Crippen molar-refractivity contribution in [3.63, 3.8) is 0 Å². The van der Waals surface area contributed by atoms with Gasteiger partial charge in [0.2, 0.25) is 0 Å². The van der Waals surface area contributed by atoms with E-state index in [0.29, 0.717) is 24.3 Å². The standard InChI is InChI=1S/C13H20N2O3S/c1-3-19(16,17)8-4-7-18-12-9-11(13(14)15)6-5-10(12)2/h5-6,9H,3-4,7-8H2,1-2H3,(H3,14,15). The molecule has 1 rings (SSSR count). The molecule has 0 spiro atoms. The Morgan fingerprint density at radius 1 is 1.42 bits per heavy atom. The monoisotopic (exact) mass is 284 g/mol. The molecule has 0 radical (unpaired) electrons. The Morgan fingerprint density at radius 3 is 2.68 bits per heavy atom. The third-order valence-electron chi connectivity index (χ3n) is 2.80. The molecule has 0 amide bonds. The Morgan fingerprint density at radius 2 is 2.11 bits per heavy atom. The predicted molar refractivity (Wildman–Crippen MR) is 76.6 cm³/mol. The van der Waals surface area contributed by atoms with Crippen LogP contribution >= 0.6 is 0 Å². The van der Waals surface area contributed by atoms with Crippen molar-refractivity contribution in [1.82, 2.24) is 0 Å². The van der Waals surface area contributed by atoms with Gasteiger partial charge in [0.25, 0.3) is 0 Å². The first-order chi connectivity index (χ1) is 8.85. The summed E-state index contributed by atoms with van der Waals surface area (Å²) in [7, 11) is -2.94. The number of ether oxygens (including phenoxy) is 1. The lowest BCUT2D eigenvalue weighted by Crippen LogP contribution is -2.13. The summed E-state index contributed by atoms with van der Waals surface area (Å²) in [6.45, 7) is 3.86. The minimum atomic E-state index is -2.94. The van der Waals surface area contributed by atoms with Crippen molar-refractivity contribution >= 4 is 15.7 Å². The number of aryl methyl sites for hydroxylation is 1. The van der Waals surface area contributed by atoms with Crippen LogP contribution in [0.15, 0.2) is 18.2 Å². The van der Waals surface area contributed by atoms with Gasteiger partial charge in [0, 0.05) is 11.3 Å². The highest BCUT2D eigenvalue weighted by Crippen LogP contribution is 2.19. The van der Waals surface area contributed by atoms with Crippen LogP contribution in [0.5, 0.6) is 5.75 Å². The molecule has 0 aliphatic rings. The van der Waals surface area contributed by atoms with Gasteiger partial charge in [-0.3, -0.25) is 5.41 Å². The van der Waals surface area contributed by atoms with Crippen LogP contribution in [0.4, 0.5) is 0 Å². The van der Waals surface area contributed by atoms with Crippen molar-refractivity contribution in [2.75, 3.05) is 18.1 Å². The van der Waals surface area contributed by atoms with Crippen molar-refractivity contribution in [1.29, 1.82) is 5.41 Å². The van der Waals surface area contributed by atoms with Gasteiger partial charge in [0.15, 0.2) is 0 Å². The van der Waals surface area contributed by atoms with E-state index in [1.54, 1.807) is 19.1 Å². The number of benzene rings is 1. The molecule has 0 unspecified atom stereocenters. The number of amidine groups is 1. The number of nitrogen functional groups attached to an aromatic ring is 1. The molecule has 0 saturated heterocycles. The fraction of sp³-hybridized carbons (Fsp3) is 0.462. The second-order valence-electron chi connectivity index (χ2n) is 4.33. The van der Waals surface area contributed by atoms with Gasteiger partial charge in [-0.1, -0.05) is 19.1 Å². The van der Waals surface area contributed by atoms with E-state index < -0.39 is 9.84 Å². The maximum absolute atomic E-state index is 11.3. The number of sulfone groups is 1. The molecule has 0 aliphatic heterocycles. The SMILES string of the molecule is CCS(=O)(=O)CCCOc1cc(C(=N)N)ccc1C. The predicted octanol–water partition coefficient (Wildman–Crippen LogP) is 1.48. The van der Waals surface area contributed by atoms with Crippen LogP contribution in [0.2, 0.25) is 0 Å². The van der Waals surface area contributed by atoms with Crippen LogP contribution in [0.3, 0.4) is 0 Å². The normalized spacial score (nSPS) is 11.3. The minimum Gasteiger partial charge on any atom is -0.493 e. The quantitative estimate of drug-likeness (QED) is 0.450. The van der Waals surface area contributed by atoms with Gasteiger partial charge >= 0.3 is 0 Å². The lowest BCUT2D eigenvalue weighted by Gasteiger charge is -2.10. The third-order valence-corrected chi connectivity index (χ3v) is 4.59. The summed E-state index contributed by atoms with van der Waals surface area (Å²) < 4.78 is 28.2. The van der Waals surface area contributed by atoms with Gasteiger partial charge < -0.3 is 10.5 Å². The highest BCUT2D eigenvalue weighted by Gasteiger charge is 2.08. The molecule has 19 heavy (non-hydrogen) atoms. The third kappa shape index (κ3) is 4.90. The lowest BCUT2D eigenvalue weighted by molar-refractivity contribution is 0.315. The summed E-state index contributed by atoms with van der Waals surface area (Å²) in [5.74, 6) is 0.917. The Hall–Kier alpha value is -1.56. The van der Waals surface area contributed by atoms with E-state index in [1.165, 1.54) is 0 Å². The van der Waals surface area contributed by atoms with E-state index in [2.05, 4.69) is 0 Å². The molecule has 0 aromatic heterocycles. The van der Waals surface area contributed by atoms with E-state index >= 15 is 0 Å². The van der Waals surface area contributed by atoms with Crippen molar-refractivity contribution < 1.29 is 13.2 Å². The molecule has 0 aliphatic carbocycles. The Bertz CT molecular complexity index is 553. The molecule has 0 heterocycles. The summed E-state index contributed by atoms with van der Waals surface area (Å²) in [4.78, 5) is 0. The van der Waals surface area contributed by atoms with Crippen LogP contribution in [-0.2, 0) is 9.84 Å². The topological polar surface area (TPSA) is 93.2 Å². The van der Waals surface area contributed by atoms with E-state index in [-0.39, 0.29) is 17.3 Å². The summed E-state index contributed by atoms with van der Waals surface area (Å²) in [6, 6.07) is 5.28. The first kappa shape index (κ1) is 15.5. The van der Waals surface area contributed by atoms with Gasteiger partial charge in [-0.05, 0) is 25.0 Å². The molecule has 0 saturated carbocycles. The number of nitrogens with two attached hydrogens (primary N) is 1. The van der Waals surface area contributed by atoms with E-state index in [1.807, 2.05) is 13.0 Å². The highest BCUT2D eigenvalue weighted by molar-refractivity contribution is 7.91. The first-order valence-corrected chi connectivity index (χ1v) is 7.96. The molecule has 106 valence electrons. The van der Waals surface area contributed by atoms with E-state index in [0.717, 1.165) is 5.56 Å². The highest BCUT2D eigenvalue weighted by atomic mass is 32.2. The molecule has 0 bridgehead atoms. The number of hydrogen-bond acceptors (Lipinski definition) is 4. The molecule has 1 aromatic rings. The molecule has 5 nitrogen and oxygen atoms in total. The van der Waals surface area contributed by atoms with Crippen molar-refractivity contribution in [2.24, 2.45) is 5.73 Å². The number of rotatable bonds is 7. The van der Waals surface area contributed by atoms with Gasteiger partial charge in [-0.15, -0.1) is 0 Å². The second kappa shape index (κ2) is 6.56. The molecule has 6 heteroatoms. The summed E-state index contributed by atoms with van der Waals surface area (Å²) in [5, 5.41) is 7.37. The molecule has 3 N–H and O–H groups in total. The fourth-order valence-electron chi connectivity index (χ4n) is 1.53. The maximum atomic E-state index is 11.3. The van der Waals surface area contributed by atoms with Crippen LogP contribution in [0, 0.1) is 12.3 Å². The van der Waals surface area contributed by atoms with E-state index in [4.69, 9.17) is 15.9 Å². The van der Waals surface area contributed by atoms with Crippen LogP contribution < -0.4 is 10.5 Å². The van der Waals surface area contributed by atoms with Crippen LogP contribution in [0.25, 0.3) is 0 Å². The molecule has 1 aromatic carbocycles. The van der Waals surface area contributed by atoms with Crippen LogP contribution in [-0.4, -0.2) is 32.4 Å². The van der Waals surface area contributed by atoms with Gasteiger partial charge in [-0.25, -0.2) is 8.42 Å². The Balaban J connectivity index is 2.58. The van der Waals surface area contributed by atoms with Crippen molar-refractivity contribution in [3.05, 3.63) is 29.3 Å². The summed E-state index contributed by atoms with van der Waals surface area (Å²) in [5.41, 5.74) is 6.94. The molecule has 0 fully saturated rings. The lowest BCUT2D eigenvalue weighted by atomic mass is 10.1. The largest absolute Gasteiger partial charge is 0.493 e. The second-order valence-corrected chi connectivity index (χ2v) is 6.81. The number of hydrogen-bond donors (Lipinski definition) is 2. The molecule has 0 atom stereocenters. The molecular formula is C13H20N2O3S. The fourth-order valence-corrected chi connectivity index (χ4v) is 2.37. The molecular weight excluding hydrogens is 264 g/mol. The Labute approximate surface area is 114 Å². The average Bonchev–Trinajstić information content (AvgIpc) is 2.36.